The van der Waals surface area contributed by atoms with E-state index in [0.717, 1.165) is 51.4 Å². The van der Waals surface area contributed by atoms with Gasteiger partial charge in [-0.15, -0.1) is 0 Å². The summed E-state index contributed by atoms with van der Waals surface area (Å²) in [6.45, 7) is 57.1. The lowest BCUT2D eigenvalue weighted by Crippen LogP contribution is -2.15. The van der Waals surface area contributed by atoms with Gasteiger partial charge in [-0.1, -0.05) is 312 Å². The molecule has 1 aliphatic rings. The van der Waals surface area contributed by atoms with Crippen molar-refractivity contribution in [3.63, 3.8) is 0 Å². The van der Waals surface area contributed by atoms with Crippen molar-refractivity contribution in [2.45, 2.75) is 261 Å². The van der Waals surface area contributed by atoms with Crippen molar-refractivity contribution in [2.24, 2.45) is 0 Å². The Bertz CT molecular complexity index is 2920. The Morgan fingerprint density at radius 1 is 0.125 bits per heavy atom. The fourth-order valence-electron chi connectivity index (χ4n) is 13.1. The Hall–Kier alpha value is -6.24. The Morgan fingerprint density at radius 3 is 0.250 bits per heavy atom. The number of benzene rings is 8. The van der Waals surface area contributed by atoms with Crippen LogP contribution in [0.4, 0.5) is 0 Å². The quantitative estimate of drug-likeness (QED) is 0.142. The number of hydrogen-bond acceptors (Lipinski definition) is 0. The first kappa shape index (κ1) is 66.2. The van der Waals surface area contributed by atoms with Crippen molar-refractivity contribution in [1.82, 2.24) is 0 Å². The van der Waals surface area contributed by atoms with E-state index in [1.807, 2.05) is 0 Å². The van der Waals surface area contributed by atoms with E-state index in [4.69, 9.17) is 0 Å². The highest BCUT2D eigenvalue weighted by atomic mass is 14.3. The molecule has 464 valence electrons. The zero-order valence-corrected chi connectivity index (χ0v) is 59.5. The van der Waals surface area contributed by atoms with Crippen molar-refractivity contribution in [3.05, 3.63) is 279 Å². The van der Waals surface area contributed by atoms with E-state index < -0.39 is 0 Å². The van der Waals surface area contributed by atoms with Crippen LogP contribution in [0.3, 0.4) is 0 Å². The molecule has 0 N–H and O–H groups in total. The molecule has 0 fully saturated rings. The SMILES string of the molecule is CC(C)(C)c1cc2cc(c1)Cc1cc(cc(C(C)(C)C)c1)Cc1cc(cc(C(C)(C)C)c1)Cc1cc(cc(C(C)(C)C)c1)Cc1cc(cc(C(C)(C)C)c1)Cc1cc(cc(C(C)(C)C)c1)Cc1cc(cc(C(C)(C)C)c1)Cc1cc(cc(C(C)(C)C)c1)C2. The van der Waals surface area contributed by atoms with Crippen LogP contribution in [-0.2, 0) is 94.7 Å². The Kier molecular flexibility index (Phi) is 18.2. The molecular formula is C88H112. The third-order valence-corrected chi connectivity index (χ3v) is 18.6. The molecule has 0 saturated heterocycles. The number of fused-ring (bicyclic) bond motifs is 16. The van der Waals surface area contributed by atoms with E-state index >= 15 is 0 Å². The molecule has 0 heteroatoms. The maximum absolute atomic E-state index is 2.53. The van der Waals surface area contributed by atoms with Crippen molar-refractivity contribution < 1.29 is 0 Å². The second-order valence-corrected chi connectivity index (χ2v) is 35.7. The molecule has 0 nitrogen and oxygen atoms in total. The minimum absolute atomic E-state index is 0.00442. The average Bonchev–Trinajstić information content (AvgIpc) is 3.56. The average molecular weight is 1170 g/mol. The summed E-state index contributed by atoms with van der Waals surface area (Å²) in [6.07, 6.45) is 7.09. The first-order valence-corrected chi connectivity index (χ1v) is 33.5. The topological polar surface area (TPSA) is 0 Å². The zero-order valence-electron chi connectivity index (χ0n) is 59.5. The van der Waals surface area contributed by atoms with E-state index in [0.29, 0.717) is 0 Å². The van der Waals surface area contributed by atoms with Crippen LogP contribution in [-0.4, -0.2) is 0 Å². The molecule has 0 aliphatic heterocycles. The normalized spacial score (nSPS) is 14.5. The maximum Gasteiger partial charge on any atom is -0.00254 e. The summed E-state index contributed by atoms with van der Waals surface area (Å²) in [6, 6.07) is 60.4. The molecular weight excluding hydrogens is 1060 g/mol. The summed E-state index contributed by atoms with van der Waals surface area (Å²) in [5, 5.41) is 0. The van der Waals surface area contributed by atoms with Gasteiger partial charge in [-0.05, 0) is 228 Å². The largest absolute Gasteiger partial charge is 0.0561 e. The lowest BCUT2D eigenvalue weighted by Gasteiger charge is -2.25. The van der Waals surface area contributed by atoms with Crippen molar-refractivity contribution in [1.29, 1.82) is 0 Å². The van der Waals surface area contributed by atoms with Crippen LogP contribution in [0.5, 0.6) is 0 Å². The number of rotatable bonds is 0. The maximum atomic E-state index is 2.53. The van der Waals surface area contributed by atoms with Gasteiger partial charge in [0.25, 0.3) is 0 Å². The van der Waals surface area contributed by atoms with Crippen LogP contribution < -0.4 is 0 Å². The molecule has 9 rings (SSSR count). The van der Waals surface area contributed by atoms with E-state index in [2.05, 4.69) is 312 Å². The van der Waals surface area contributed by atoms with Gasteiger partial charge in [-0.25, -0.2) is 0 Å². The molecule has 0 spiro atoms. The highest BCUT2D eigenvalue weighted by molar-refractivity contribution is 5.50. The van der Waals surface area contributed by atoms with Crippen LogP contribution in [0.15, 0.2) is 146 Å². The fraction of sp³-hybridized carbons (Fsp3) is 0.455. The van der Waals surface area contributed by atoms with Gasteiger partial charge >= 0.3 is 0 Å². The van der Waals surface area contributed by atoms with Gasteiger partial charge < -0.3 is 0 Å². The van der Waals surface area contributed by atoms with Gasteiger partial charge in [0.2, 0.25) is 0 Å². The van der Waals surface area contributed by atoms with Crippen molar-refractivity contribution in [2.75, 3.05) is 0 Å². The van der Waals surface area contributed by atoms with Gasteiger partial charge in [0.05, 0.1) is 0 Å². The molecule has 16 bridgehead atoms. The first-order valence-electron chi connectivity index (χ1n) is 33.5. The van der Waals surface area contributed by atoms with Crippen LogP contribution in [0, 0.1) is 0 Å². The highest BCUT2D eigenvalue weighted by Gasteiger charge is 2.25. The lowest BCUT2D eigenvalue weighted by atomic mass is 9.80. The minimum atomic E-state index is -0.00442. The summed E-state index contributed by atoms with van der Waals surface area (Å²) >= 11 is 0. The second-order valence-electron chi connectivity index (χ2n) is 35.7. The summed E-state index contributed by atoms with van der Waals surface area (Å²) in [5.74, 6) is 0. The van der Waals surface area contributed by atoms with Crippen LogP contribution >= 0.6 is 0 Å². The van der Waals surface area contributed by atoms with Crippen LogP contribution in [0.1, 0.15) is 300 Å². The molecule has 1 aliphatic carbocycles. The van der Waals surface area contributed by atoms with Crippen molar-refractivity contribution in [3.8, 4) is 0 Å². The first-order chi connectivity index (χ1) is 40.4. The molecule has 8 aromatic carbocycles. The zero-order chi connectivity index (χ0) is 64.5. The molecule has 88 heavy (non-hydrogen) atoms. The van der Waals surface area contributed by atoms with Gasteiger partial charge in [0.15, 0.2) is 0 Å². The summed E-state index contributed by atoms with van der Waals surface area (Å²) in [5.41, 5.74) is 33.4. The smallest absolute Gasteiger partial charge is 0.00254 e. The van der Waals surface area contributed by atoms with Gasteiger partial charge in [-0.3, -0.25) is 0 Å². The van der Waals surface area contributed by atoms with Gasteiger partial charge in [0, 0.05) is 0 Å². The third-order valence-electron chi connectivity index (χ3n) is 18.6. The predicted molar refractivity (Wildman–Crippen MR) is 384 cm³/mol. The van der Waals surface area contributed by atoms with E-state index in [-0.39, 0.29) is 43.3 Å². The predicted octanol–water partition coefficient (Wildman–Crippen LogP) is 23.1. The Balaban J connectivity index is 1.25. The standard InChI is InChI=1S/C88H112/c1-81(2,3)73-41-57-25-58(42-73)34-60-27-62(46-75(44-60)83(7,8)9)36-64-29-66(50-77(48-64)85(13,14)15)38-68-31-70(54-79(52-68)87(19,20)21)40-72-32-71(55-80(56-72)88(22,23)24)39-69-30-67(51-78(53-69)86(16,17)18)37-65-28-63(47-76(49-65)84(10,11)12)35-61-26-59(33-57)43-74(45-61)82(4,5)6/h25-32,41-56H,33-40H2,1-24H3. The van der Waals surface area contributed by atoms with E-state index in [1.54, 1.807) is 0 Å². The Morgan fingerprint density at radius 2 is 0.193 bits per heavy atom. The molecule has 0 saturated carbocycles. The monoisotopic (exact) mass is 1170 g/mol. The van der Waals surface area contributed by atoms with Gasteiger partial charge in [0.1, 0.15) is 0 Å². The van der Waals surface area contributed by atoms with Crippen LogP contribution in [0.25, 0.3) is 0 Å². The van der Waals surface area contributed by atoms with E-state index in [1.165, 1.54) is 134 Å². The van der Waals surface area contributed by atoms with E-state index in [9.17, 15) is 0 Å². The molecule has 0 aromatic heterocycles. The molecule has 0 unspecified atom stereocenters. The second kappa shape index (κ2) is 24.2. The molecule has 0 atom stereocenters. The highest BCUT2D eigenvalue weighted by Crippen LogP contribution is 2.37. The van der Waals surface area contributed by atoms with Gasteiger partial charge in [-0.2, -0.15) is 0 Å². The Labute approximate surface area is 536 Å². The van der Waals surface area contributed by atoms with Crippen molar-refractivity contribution >= 4 is 0 Å². The third kappa shape index (κ3) is 17.2. The minimum Gasteiger partial charge on any atom is -0.0561 e. The fourth-order valence-corrected chi connectivity index (χ4v) is 13.1. The molecule has 8 aromatic rings. The number of hydrogen-bond donors (Lipinski definition) is 0. The van der Waals surface area contributed by atoms with Crippen LogP contribution in [0.2, 0.25) is 0 Å². The molecule has 0 heterocycles. The summed E-state index contributed by atoms with van der Waals surface area (Å²) < 4.78 is 0. The summed E-state index contributed by atoms with van der Waals surface area (Å²) in [4.78, 5) is 0. The molecule has 0 amide bonds. The molecule has 0 radical (unpaired) electrons. The summed E-state index contributed by atoms with van der Waals surface area (Å²) in [7, 11) is 0. The lowest BCUT2D eigenvalue weighted by molar-refractivity contribution is 0.587.